The van der Waals surface area contributed by atoms with Crippen molar-refractivity contribution >= 4 is 23.4 Å². The van der Waals surface area contributed by atoms with Crippen LogP contribution in [0, 0.1) is 0 Å². The van der Waals surface area contributed by atoms with Gasteiger partial charge in [0.1, 0.15) is 5.75 Å². The lowest BCUT2D eigenvalue weighted by molar-refractivity contribution is -0.113. The summed E-state index contributed by atoms with van der Waals surface area (Å²) in [7, 11) is 4.79. The maximum atomic E-state index is 12.3. The van der Waals surface area contributed by atoms with Crippen LogP contribution in [0.2, 0.25) is 0 Å². The number of rotatable bonds is 9. The second kappa shape index (κ2) is 10.0. The van der Waals surface area contributed by atoms with Crippen molar-refractivity contribution in [2.24, 2.45) is 0 Å². The molecular formula is C21H24N4O4S. The number of amides is 1. The first-order valence-corrected chi connectivity index (χ1v) is 10.3. The van der Waals surface area contributed by atoms with Gasteiger partial charge >= 0.3 is 0 Å². The van der Waals surface area contributed by atoms with Crippen LogP contribution in [0.4, 0.5) is 5.69 Å². The molecule has 1 amide bonds. The number of aromatic nitrogens is 3. The first-order chi connectivity index (χ1) is 14.6. The third-order valence-electron chi connectivity index (χ3n) is 4.38. The molecule has 158 valence electrons. The van der Waals surface area contributed by atoms with Crippen LogP contribution in [-0.2, 0) is 11.3 Å². The van der Waals surface area contributed by atoms with E-state index in [0.29, 0.717) is 34.7 Å². The summed E-state index contributed by atoms with van der Waals surface area (Å²) in [4.78, 5) is 12.3. The molecule has 1 aromatic heterocycles. The molecule has 2 aromatic carbocycles. The Bertz CT molecular complexity index is 1000. The minimum absolute atomic E-state index is 0.122. The van der Waals surface area contributed by atoms with Crippen molar-refractivity contribution < 1.29 is 19.0 Å². The first-order valence-electron chi connectivity index (χ1n) is 9.31. The molecule has 0 bridgehead atoms. The summed E-state index contributed by atoms with van der Waals surface area (Å²) in [6, 6.07) is 12.8. The number of ether oxygens (including phenoxy) is 3. The maximum Gasteiger partial charge on any atom is 0.234 e. The number of carbonyl (C=O) groups excluding carboxylic acids is 1. The van der Waals surface area contributed by atoms with Crippen molar-refractivity contribution in [2.75, 3.05) is 32.4 Å². The van der Waals surface area contributed by atoms with E-state index in [1.165, 1.54) is 11.8 Å². The fraction of sp³-hybridized carbons (Fsp3) is 0.286. The van der Waals surface area contributed by atoms with Gasteiger partial charge in [0.2, 0.25) is 5.91 Å². The monoisotopic (exact) mass is 428 g/mol. The molecule has 0 unspecified atom stereocenters. The van der Waals surface area contributed by atoms with Crippen molar-refractivity contribution in [3.05, 3.63) is 42.5 Å². The molecule has 9 heteroatoms. The first kappa shape index (κ1) is 21.5. The Hall–Kier alpha value is -3.20. The molecule has 0 fully saturated rings. The van der Waals surface area contributed by atoms with E-state index in [2.05, 4.69) is 15.5 Å². The number of carbonyl (C=O) groups is 1. The maximum absolute atomic E-state index is 12.3. The zero-order valence-electron chi connectivity index (χ0n) is 17.3. The molecular weight excluding hydrogens is 404 g/mol. The number of benzene rings is 2. The van der Waals surface area contributed by atoms with E-state index in [-0.39, 0.29) is 11.7 Å². The molecule has 0 spiro atoms. The fourth-order valence-corrected chi connectivity index (χ4v) is 3.67. The normalized spacial score (nSPS) is 10.5. The highest BCUT2D eigenvalue weighted by atomic mass is 32.2. The smallest absolute Gasteiger partial charge is 0.234 e. The zero-order valence-corrected chi connectivity index (χ0v) is 18.2. The van der Waals surface area contributed by atoms with Crippen LogP contribution in [0.3, 0.4) is 0 Å². The van der Waals surface area contributed by atoms with Crippen molar-refractivity contribution in [3.8, 4) is 28.6 Å². The van der Waals surface area contributed by atoms with Crippen LogP contribution < -0.4 is 19.5 Å². The van der Waals surface area contributed by atoms with E-state index in [0.717, 1.165) is 11.3 Å². The summed E-state index contributed by atoms with van der Waals surface area (Å²) in [5.41, 5.74) is 1.57. The van der Waals surface area contributed by atoms with E-state index in [1.54, 1.807) is 45.6 Å². The van der Waals surface area contributed by atoms with Crippen LogP contribution in [0.15, 0.2) is 47.6 Å². The summed E-state index contributed by atoms with van der Waals surface area (Å²) in [6.07, 6.45) is 0. The molecule has 0 atom stereocenters. The van der Waals surface area contributed by atoms with Crippen molar-refractivity contribution in [3.63, 3.8) is 0 Å². The van der Waals surface area contributed by atoms with Crippen LogP contribution >= 0.6 is 11.8 Å². The minimum atomic E-state index is -0.122. The van der Waals surface area contributed by atoms with Gasteiger partial charge < -0.3 is 24.1 Å². The van der Waals surface area contributed by atoms with E-state index in [9.17, 15) is 4.79 Å². The molecule has 3 aromatic rings. The lowest BCUT2D eigenvalue weighted by atomic mass is 10.2. The highest BCUT2D eigenvalue weighted by molar-refractivity contribution is 7.99. The molecule has 8 nitrogen and oxygen atoms in total. The summed E-state index contributed by atoms with van der Waals surface area (Å²) in [6.45, 7) is 2.67. The summed E-state index contributed by atoms with van der Waals surface area (Å²) in [5, 5.41) is 12.1. The van der Waals surface area contributed by atoms with Gasteiger partial charge in [-0.1, -0.05) is 11.8 Å². The average Bonchev–Trinajstić information content (AvgIpc) is 3.20. The number of hydrogen-bond donors (Lipinski definition) is 1. The topological polar surface area (TPSA) is 87.5 Å². The van der Waals surface area contributed by atoms with Gasteiger partial charge in [0, 0.05) is 17.8 Å². The number of nitrogens with one attached hydrogen (secondary N) is 1. The Labute approximate surface area is 179 Å². The van der Waals surface area contributed by atoms with Crippen molar-refractivity contribution in [1.29, 1.82) is 0 Å². The van der Waals surface area contributed by atoms with Gasteiger partial charge in [-0.25, -0.2) is 0 Å². The fourth-order valence-electron chi connectivity index (χ4n) is 2.87. The zero-order chi connectivity index (χ0) is 21.5. The Kier molecular flexibility index (Phi) is 7.18. The Morgan fingerprint density at radius 2 is 1.73 bits per heavy atom. The second-order valence-electron chi connectivity index (χ2n) is 6.19. The number of thioether (sulfide) groups is 1. The number of anilines is 1. The van der Waals surface area contributed by atoms with E-state index in [1.807, 2.05) is 29.7 Å². The van der Waals surface area contributed by atoms with Gasteiger partial charge in [-0.3, -0.25) is 4.79 Å². The molecule has 0 aliphatic rings. The van der Waals surface area contributed by atoms with Gasteiger partial charge in [0.25, 0.3) is 0 Å². The summed E-state index contributed by atoms with van der Waals surface area (Å²) < 4.78 is 17.8. The van der Waals surface area contributed by atoms with Crippen LogP contribution in [0.5, 0.6) is 17.2 Å². The molecule has 0 aliphatic heterocycles. The highest BCUT2D eigenvalue weighted by Gasteiger charge is 2.16. The molecule has 3 rings (SSSR count). The third-order valence-corrected chi connectivity index (χ3v) is 5.35. The molecule has 0 saturated heterocycles. The Balaban J connectivity index is 1.70. The lowest BCUT2D eigenvalue weighted by Gasteiger charge is -2.11. The molecule has 30 heavy (non-hydrogen) atoms. The average molecular weight is 429 g/mol. The molecule has 0 radical (unpaired) electrons. The summed E-state index contributed by atoms with van der Waals surface area (Å²) in [5.74, 6) is 2.80. The van der Waals surface area contributed by atoms with Crippen molar-refractivity contribution in [1.82, 2.24) is 14.8 Å². The van der Waals surface area contributed by atoms with Crippen LogP contribution in [0.25, 0.3) is 11.4 Å². The number of methoxy groups -OCH3 is 3. The standard InChI is InChI=1S/C21H24N4O4S/c1-5-25-20(14-6-11-17(28-3)18(12-14)29-4)23-24-21(25)30-13-19(26)22-15-7-9-16(27-2)10-8-15/h6-12H,5,13H2,1-4H3,(H,22,26). The van der Waals surface area contributed by atoms with E-state index >= 15 is 0 Å². The summed E-state index contributed by atoms with van der Waals surface area (Å²) >= 11 is 1.34. The quantitative estimate of drug-likeness (QED) is 0.520. The van der Waals surface area contributed by atoms with E-state index in [4.69, 9.17) is 14.2 Å². The van der Waals surface area contributed by atoms with E-state index < -0.39 is 0 Å². The van der Waals surface area contributed by atoms with Gasteiger partial charge in [0.15, 0.2) is 22.5 Å². The van der Waals surface area contributed by atoms with Gasteiger partial charge in [-0.05, 0) is 49.4 Å². The van der Waals surface area contributed by atoms with Gasteiger partial charge in [-0.2, -0.15) is 0 Å². The molecule has 0 saturated carbocycles. The van der Waals surface area contributed by atoms with Crippen LogP contribution in [-0.4, -0.2) is 47.8 Å². The SMILES string of the molecule is CCn1c(SCC(=O)Nc2ccc(OC)cc2)nnc1-c1ccc(OC)c(OC)c1. The predicted octanol–water partition coefficient (Wildman–Crippen LogP) is 3.72. The number of nitrogens with zero attached hydrogens (tertiary/aromatic N) is 3. The third kappa shape index (κ3) is 4.85. The van der Waals surface area contributed by atoms with Crippen LogP contribution in [0.1, 0.15) is 6.92 Å². The van der Waals surface area contributed by atoms with Gasteiger partial charge in [0.05, 0.1) is 27.1 Å². The second-order valence-corrected chi connectivity index (χ2v) is 7.13. The lowest BCUT2D eigenvalue weighted by Crippen LogP contribution is -2.14. The molecule has 1 N–H and O–H groups in total. The Morgan fingerprint density at radius 1 is 1.00 bits per heavy atom. The largest absolute Gasteiger partial charge is 0.497 e. The van der Waals surface area contributed by atoms with Gasteiger partial charge in [-0.15, -0.1) is 10.2 Å². The minimum Gasteiger partial charge on any atom is -0.497 e. The van der Waals surface area contributed by atoms with Crippen molar-refractivity contribution in [2.45, 2.75) is 18.6 Å². The highest BCUT2D eigenvalue weighted by Crippen LogP contribution is 2.32. The molecule has 0 aliphatic carbocycles. The Morgan fingerprint density at radius 3 is 2.37 bits per heavy atom. The number of hydrogen-bond acceptors (Lipinski definition) is 7. The molecule has 1 heterocycles. The predicted molar refractivity (Wildman–Crippen MR) is 117 cm³/mol.